The van der Waals surface area contributed by atoms with Crippen LogP contribution in [0.15, 0.2) is 59.5 Å². The van der Waals surface area contributed by atoms with E-state index in [9.17, 15) is 9.59 Å². The normalized spacial score (nSPS) is 14.5. The van der Waals surface area contributed by atoms with Crippen molar-refractivity contribution in [2.24, 2.45) is 7.05 Å². The molecule has 5 rings (SSSR count). The van der Waals surface area contributed by atoms with Crippen molar-refractivity contribution in [2.45, 2.75) is 44.7 Å². The number of hydrogen-bond donors (Lipinski definition) is 1. The van der Waals surface area contributed by atoms with Gasteiger partial charge in [0.25, 0.3) is 5.56 Å². The number of rotatable bonds is 5. The van der Waals surface area contributed by atoms with E-state index in [4.69, 9.17) is 5.10 Å². The van der Waals surface area contributed by atoms with Gasteiger partial charge in [-0.15, -0.1) is 0 Å². The smallest absolute Gasteiger partial charge is 0.274 e. The highest BCUT2D eigenvalue weighted by atomic mass is 16.1. The Labute approximate surface area is 180 Å². The number of aryl methyl sites for hydroxylation is 1. The molecule has 6 nitrogen and oxygen atoms in total. The first kappa shape index (κ1) is 19.5. The summed E-state index contributed by atoms with van der Waals surface area (Å²) in [5.41, 5.74) is 2.83. The standard InChI is InChI=1S/C25H26N4O2/c1-28-16-17(19-10-6-7-13-23(19)28)14-24(30)26-15-22-20-11-4-5-12-21(20)25(31)29(27-22)18-8-2-3-9-18/h4-7,10-13,16,18H,2-3,8-9,14-15H2,1H3,(H,26,30). The third kappa shape index (κ3) is 3.63. The van der Waals surface area contributed by atoms with Crippen LogP contribution in [0.25, 0.3) is 21.7 Å². The van der Waals surface area contributed by atoms with Crippen LogP contribution < -0.4 is 10.9 Å². The van der Waals surface area contributed by atoms with Gasteiger partial charge in [0.05, 0.1) is 30.1 Å². The maximum Gasteiger partial charge on any atom is 0.274 e. The van der Waals surface area contributed by atoms with Crippen molar-refractivity contribution in [3.8, 4) is 0 Å². The van der Waals surface area contributed by atoms with Gasteiger partial charge >= 0.3 is 0 Å². The first-order valence-corrected chi connectivity index (χ1v) is 10.9. The molecule has 1 amide bonds. The molecule has 4 aromatic rings. The van der Waals surface area contributed by atoms with Gasteiger partial charge in [0.15, 0.2) is 0 Å². The first-order chi connectivity index (χ1) is 15.1. The van der Waals surface area contributed by atoms with E-state index in [0.717, 1.165) is 53.2 Å². The minimum Gasteiger partial charge on any atom is -0.350 e. The number of hydrogen-bond acceptors (Lipinski definition) is 3. The van der Waals surface area contributed by atoms with Crippen LogP contribution in [-0.2, 0) is 24.8 Å². The topological polar surface area (TPSA) is 68.9 Å². The number of carbonyl (C=O) groups is 1. The van der Waals surface area contributed by atoms with Crippen molar-refractivity contribution in [1.29, 1.82) is 0 Å². The van der Waals surface area contributed by atoms with Crippen LogP contribution in [0.5, 0.6) is 0 Å². The molecule has 2 aromatic heterocycles. The molecule has 31 heavy (non-hydrogen) atoms. The zero-order valence-corrected chi connectivity index (χ0v) is 17.7. The lowest BCUT2D eigenvalue weighted by molar-refractivity contribution is -0.120. The van der Waals surface area contributed by atoms with Crippen molar-refractivity contribution in [1.82, 2.24) is 19.7 Å². The third-order valence-corrected chi connectivity index (χ3v) is 6.36. The minimum absolute atomic E-state index is 0.0340. The zero-order chi connectivity index (χ0) is 21.4. The molecule has 2 aromatic carbocycles. The Hall–Kier alpha value is -3.41. The number of carbonyl (C=O) groups excluding carboxylic acids is 1. The van der Waals surface area contributed by atoms with Crippen molar-refractivity contribution in [2.75, 3.05) is 0 Å². The molecule has 1 fully saturated rings. The van der Waals surface area contributed by atoms with Gasteiger partial charge in [0, 0.05) is 29.5 Å². The molecular formula is C25H26N4O2. The monoisotopic (exact) mass is 414 g/mol. The SMILES string of the molecule is Cn1cc(CC(=O)NCc2nn(C3CCCC3)c(=O)c3ccccc23)c2ccccc21. The van der Waals surface area contributed by atoms with Crippen LogP contribution in [0, 0.1) is 0 Å². The Balaban J connectivity index is 1.40. The van der Waals surface area contributed by atoms with Gasteiger partial charge in [-0.25, -0.2) is 4.68 Å². The summed E-state index contributed by atoms with van der Waals surface area (Å²) in [6.07, 6.45) is 6.54. The van der Waals surface area contributed by atoms with E-state index in [2.05, 4.69) is 11.4 Å². The second-order valence-electron chi connectivity index (χ2n) is 8.42. The van der Waals surface area contributed by atoms with Gasteiger partial charge in [0.2, 0.25) is 5.91 Å². The Bertz CT molecular complexity index is 1330. The molecule has 2 heterocycles. The summed E-state index contributed by atoms with van der Waals surface area (Å²) in [4.78, 5) is 25.8. The van der Waals surface area contributed by atoms with Crippen molar-refractivity contribution in [3.05, 3.63) is 76.3 Å². The first-order valence-electron chi connectivity index (χ1n) is 10.9. The van der Waals surface area contributed by atoms with E-state index >= 15 is 0 Å². The van der Waals surface area contributed by atoms with Gasteiger partial charge in [0.1, 0.15) is 0 Å². The lowest BCUT2D eigenvalue weighted by Crippen LogP contribution is -2.30. The fraction of sp³-hybridized carbons (Fsp3) is 0.320. The van der Waals surface area contributed by atoms with E-state index < -0.39 is 0 Å². The molecule has 1 aliphatic carbocycles. The fourth-order valence-corrected chi connectivity index (χ4v) is 4.79. The van der Waals surface area contributed by atoms with Crippen LogP contribution >= 0.6 is 0 Å². The number of fused-ring (bicyclic) bond motifs is 2. The van der Waals surface area contributed by atoms with Crippen LogP contribution in [0.4, 0.5) is 0 Å². The molecule has 1 N–H and O–H groups in total. The van der Waals surface area contributed by atoms with Gasteiger partial charge in [-0.2, -0.15) is 5.10 Å². The molecule has 0 spiro atoms. The molecule has 0 unspecified atom stereocenters. The van der Waals surface area contributed by atoms with E-state index in [0.29, 0.717) is 18.4 Å². The van der Waals surface area contributed by atoms with Crippen molar-refractivity contribution < 1.29 is 4.79 Å². The summed E-state index contributed by atoms with van der Waals surface area (Å²) in [5.74, 6) is -0.0548. The summed E-state index contributed by atoms with van der Waals surface area (Å²) in [6, 6.07) is 15.8. The summed E-state index contributed by atoms with van der Waals surface area (Å²) in [7, 11) is 1.99. The average molecular weight is 415 g/mol. The molecule has 0 bridgehead atoms. The predicted octanol–water partition coefficient (Wildman–Crippen LogP) is 3.86. The maximum atomic E-state index is 13.0. The van der Waals surface area contributed by atoms with E-state index in [-0.39, 0.29) is 17.5 Å². The van der Waals surface area contributed by atoms with E-state index in [1.807, 2.05) is 60.3 Å². The number of amides is 1. The number of benzene rings is 2. The summed E-state index contributed by atoms with van der Waals surface area (Å²) in [6.45, 7) is 0.303. The average Bonchev–Trinajstić information content (AvgIpc) is 3.43. The number of para-hydroxylation sites is 1. The van der Waals surface area contributed by atoms with E-state index in [1.165, 1.54) is 0 Å². The Morgan fingerprint density at radius 2 is 1.71 bits per heavy atom. The summed E-state index contributed by atoms with van der Waals surface area (Å²) in [5, 5.41) is 10.3. The van der Waals surface area contributed by atoms with Gasteiger partial charge in [-0.1, -0.05) is 49.2 Å². The van der Waals surface area contributed by atoms with Crippen LogP contribution in [0.2, 0.25) is 0 Å². The molecule has 0 atom stereocenters. The van der Waals surface area contributed by atoms with Crippen LogP contribution in [0.1, 0.15) is 43.0 Å². The highest BCUT2D eigenvalue weighted by Gasteiger charge is 2.21. The maximum absolute atomic E-state index is 13.0. The number of nitrogens with zero attached hydrogens (tertiary/aromatic N) is 3. The number of nitrogens with one attached hydrogen (secondary N) is 1. The van der Waals surface area contributed by atoms with Gasteiger partial charge < -0.3 is 9.88 Å². The van der Waals surface area contributed by atoms with Crippen LogP contribution in [-0.4, -0.2) is 20.3 Å². The highest BCUT2D eigenvalue weighted by Crippen LogP contribution is 2.28. The molecular weight excluding hydrogens is 388 g/mol. The van der Waals surface area contributed by atoms with Crippen LogP contribution in [0.3, 0.4) is 0 Å². The molecule has 158 valence electrons. The fourth-order valence-electron chi connectivity index (χ4n) is 4.79. The second-order valence-corrected chi connectivity index (χ2v) is 8.42. The molecule has 1 aliphatic rings. The summed E-state index contributed by atoms with van der Waals surface area (Å²) >= 11 is 0. The molecule has 1 saturated carbocycles. The number of aromatic nitrogens is 3. The zero-order valence-electron chi connectivity index (χ0n) is 17.7. The Kier molecular flexibility index (Phi) is 5.06. The largest absolute Gasteiger partial charge is 0.350 e. The third-order valence-electron chi connectivity index (χ3n) is 6.36. The lowest BCUT2D eigenvalue weighted by Gasteiger charge is -2.16. The lowest BCUT2D eigenvalue weighted by atomic mass is 10.1. The van der Waals surface area contributed by atoms with Crippen molar-refractivity contribution in [3.63, 3.8) is 0 Å². The molecule has 6 heteroatoms. The van der Waals surface area contributed by atoms with Crippen molar-refractivity contribution >= 4 is 27.6 Å². The quantitative estimate of drug-likeness (QED) is 0.539. The van der Waals surface area contributed by atoms with E-state index in [1.54, 1.807) is 4.68 Å². The minimum atomic E-state index is -0.0548. The molecule has 0 radical (unpaired) electrons. The Morgan fingerprint density at radius 3 is 2.48 bits per heavy atom. The summed E-state index contributed by atoms with van der Waals surface area (Å²) < 4.78 is 3.70. The second kappa shape index (κ2) is 8.02. The molecule has 0 saturated heterocycles. The van der Waals surface area contributed by atoms with Gasteiger partial charge in [-0.3, -0.25) is 9.59 Å². The Morgan fingerprint density at radius 1 is 1.03 bits per heavy atom. The molecule has 0 aliphatic heterocycles. The predicted molar refractivity (Wildman–Crippen MR) is 122 cm³/mol. The highest BCUT2D eigenvalue weighted by molar-refractivity contribution is 5.89. The van der Waals surface area contributed by atoms with Gasteiger partial charge in [-0.05, 0) is 30.5 Å².